The van der Waals surface area contributed by atoms with E-state index >= 15 is 0 Å². The van der Waals surface area contributed by atoms with Crippen molar-refractivity contribution in [3.63, 3.8) is 0 Å². The van der Waals surface area contributed by atoms with Crippen LogP contribution in [0.3, 0.4) is 0 Å². The zero-order valence-electron chi connectivity index (χ0n) is 13.9. The zero-order chi connectivity index (χ0) is 17.3. The molecule has 1 aromatic rings. The highest BCUT2D eigenvalue weighted by atomic mass is 35.5. The molecule has 5 nitrogen and oxygen atoms in total. The van der Waals surface area contributed by atoms with Crippen LogP contribution in [-0.4, -0.2) is 53.4 Å². The van der Waals surface area contributed by atoms with Crippen molar-refractivity contribution in [2.75, 3.05) is 26.7 Å². The minimum absolute atomic E-state index is 0.125. The van der Waals surface area contributed by atoms with Crippen LogP contribution in [0.4, 0.5) is 0 Å². The van der Waals surface area contributed by atoms with Crippen LogP contribution in [0.2, 0.25) is 5.02 Å². The molecule has 2 saturated heterocycles. The molecule has 1 atom stereocenters. The van der Waals surface area contributed by atoms with Crippen molar-refractivity contribution in [1.82, 2.24) is 9.80 Å². The van der Waals surface area contributed by atoms with Crippen molar-refractivity contribution in [3.8, 4) is 0 Å². The lowest BCUT2D eigenvalue weighted by Crippen LogP contribution is -2.51. The number of carbonyl (C=O) groups is 2. The maximum absolute atomic E-state index is 12.6. The first kappa shape index (κ1) is 17.2. The smallest absolute Gasteiger partial charge is 0.256 e. The Morgan fingerprint density at radius 3 is 2.62 bits per heavy atom. The largest absolute Gasteiger partial charge is 0.378 e. The van der Waals surface area contributed by atoms with Gasteiger partial charge < -0.3 is 14.9 Å². The van der Waals surface area contributed by atoms with Gasteiger partial charge in [-0.2, -0.15) is 0 Å². The second kappa shape index (κ2) is 6.73. The lowest BCUT2D eigenvalue weighted by molar-refractivity contribution is -0.146. The van der Waals surface area contributed by atoms with Gasteiger partial charge in [0.25, 0.3) is 5.91 Å². The van der Waals surface area contributed by atoms with E-state index in [1.807, 2.05) is 11.9 Å². The van der Waals surface area contributed by atoms with Crippen LogP contribution in [0.25, 0.3) is 0 Å². The predicted octanol–water partition coefficient (Wildman–Crippen LogP) is 2.23. The summed E-state index contributed by atoms with van der Waals surface area (Å²) in [6.07, 6.45) is 2.07. The van der Waals surface area contributed by atoms with Gasteiger partial charge in [-0.25, -0.2) is 0 Å². The molecule has 130 valence electrons. The SMILES string of the molecule is CN1CC2(CCC1=O)CCN(C(=O)C(O)c1cccc(Cl)c1)CC2. The van der Waals surface area contributed by atoms with Crippen LogP contribution in [0.15, 0.2) is 24.3 Å². The average molecular weight is 351 g/mol. The third-order valence-corrected chi connectivity index (χ3v) is 5.64. The molecule has 2 heterocycles. The first-order chi connectivity index (χ1) is 11.4. The van der Waals surface area contributed by atoms with Crippen LogP contribution < -0.4 is 0 Å². The van der Waals surface area contributed by atoms with E-state index in [1.165, 1.54) is 0 Å². The van der Waals surface area contributed by atoms with E-state index in [2.05, 4.69) is 0 Å². The summed E-state index contributed by atoms with van der Waals surface area (Å²) in [6.45, 7) is 2.02. The van der Waals surface area contributed by atoms with Gasteiger partial charge >= 0.3 is 0 Å². The van der Waals surface area contributed by atoms with Gasteiger partial charge in [0.2, 0.25) is 5.91 Å². The highest BCUT2D eigenvalue weighted by Gasteiger charge is 2.41. The fraction of sp³-hybridized carbons (Fsp3) is 0.556. The summed E-state index contributed by atoms with van der Waals surface area (Å²) in [5, 5.41) is 10.8. The summed E-state index contributed by atoms with van der Waals surface area (Å²) in [7, 11) is 1.85. The van der Waals surface area contributed by atoms with E-state index in [4.69, 9.17) is 11.6 Å². The minimum atomic E-state index is -1.17. The van der Waals surface area contributed by atoms with E-state index in [0.717, 1.165) is 25.8 Å². The Morgan fingerprint density at radius 1 is 1.29 bits per heavy atom. The van der Waals surface area contributed by atoms with Gasteiger partial charge in [0.1, 0.15) is 0 Å². The fourth-order valence-corrected chi connectivity index (χ4v) is 4.03. The highest BCUT2D eigenvalue weighted by Crippen LogP contribution is 2.40. The number of aliphatic hydroxyl groups excluding tert-OH is 1. The summed E-state index contributed by atoms with van der Waals surface area (Å²) in [5.41, 5.74) is 0.649. The number of halogens is 1. The molecule has 2 fully saturated rings. The Hall–Kier alpha value is -1.59. The van der Waals surface area contributed by atoms with Crippen molar-refractivity contribution < 1.29 is 14.7 Å². The van der Waals surface area contributed by atoms with Crippen LogP contribution >= 0.6 is 11.6 Å². The molecule has 0 aromatic heterocycles. The Bertz CT molecular complexity index is 641. The molecule has 1 unspecified atom stereocenters. The third kappa shape index (κ3) is 3.42. The van der Waals surface area contributed by atoms with Crippen molar-refractivity contribution in [1.29, 1.82) is 0 Å². The Labute approximate surface area is 147 Å². The van der Waals surface area contributed by atoms with Crippen molar-refractivity contribution in [2.24, 2.45) is 5.41 Å². The summed E-state index contributed by atoms with van der Waals surface area (Å²) >= 11 is 5.93. The van der Waals surface area contributed by atoms with Gasteiger partial charge in [-0.15, -0.1) is 0 Å². The predicted molar refractivity (Wildman–Crippen MR) is 91.5 cm³/mol. The third-order valence-electron chi connectivity index (χ3n) is 5.40. The molecule has 2 aliphatic rings. The zero-order valence-corrected chi connectivity index (χ0v) is 14.6. The molecule has 0 bridgehead atoms. The van der Waals surface area contributed by atoms with Crippen LogP contribution in [0.1, 0.15) is 37.4 Å². The summed E-state index contributed by atoms with van der Waals surface area (Å²) in [4.78, 5) is 27.8. The standard InChI is InChI=1S/C18H23ClN2O3/c1-20-12-18(6-5-15(20)22)7-9-21(10-8-18)17(24)16(23)13-3-2-4-14(19)11-13/h2-4,11,16,23H,5-10,12H2,1H3. The number of aliphatic hydroxyl groups is 1. The Morgan fingerprint density at radius 2 is 2.00 bits per heavy atom. The Kier molecular flexibility index (Phi) is 4.83. The number of amides is 2. The number of hydrogen-bond donors (Lipinski definition) is 1. The number of nitrogens with zero attached hydrogens (tertiary/aromatic N) is 2. The molecule has 3 rings (SSSR count). The number of carbonyl (C=O) groups excluding carboxylic acids is 2. The molecule has 1 N–H and O–H groups in total. The van der Waals surface area contributed by atoms with E-state index in [9.17, 15) is 14.7 Å². The van der Waals surface area contributed by atoms with E-state index in [1.54, 1.807) is 29.2 Å². The molecule has 1 aromatic carbocycles. The van der Waals surface area contributed by atoms with Crippen LogP contribution in [-0.2, 0) is 9.59 Å². The number of benzene rings is 1. The van der Waals surface area contributed by atoms with Crippen molar-refractivity contribution in [3.05, 3.63) is 34.9 Å². The maximum atomic E-state index is 12.6. The second-order valence-electron chi connectivity index (χ2n) is 7.03. The van der Waals surface area contributed by atoms with Crippen molar-refractivity contribution in [2.45, 2.75) is 31.8 Å². The number of piperidine rings is 2. The molecule has 6 heteroatoms. The summed E-state index contributed by atoms with van der Waals surface area (Å²) < 4.78 is 0. The molecule has 24 heavy (non-hydrogen) atoms. The molecule has 0 radical (unpaired) electrons. The van der Waals surface area contributed by atoms with Crippen LogP contribution in [0, 0.1) is 5.41 Å². The number of rotatable bonds is 2. The molecular formula is C18H23ClN2O3. The van der Waals surface area contributed by atoms with Gasteiger partial charge in [0.15, 0.2) is 6.10 Å². The summed E-state index contributed by atoms with van der Waals surface area (Å²) in [5.74, 6) is -0.0668. The Balaban J connectivity index is 1.62. The molecular weight excluding hydrogens is 328 g/mol. The average Bonchev–Trinajstić information content (AvgIpc) is 2.58. The highest BCUT2D eigenvalue weighted by molar-refractivity contribution is 6.30. The molecule has 2 aliphatic heterocycles. The topological polar surface area (TPSA) is 60.9 Å². The fourth-order valence-electron chi connectivity index (χ4n) is 3.84. The molecule has 0 aliphatic carbocycles. The molecule has 1 spiro atoms. The van der Waals surface area contributed by atoms with Gasteiger partial charge in [-0.3, -0.25) is 9.59 Å². The second-order valence-corrected chi connectivity index (χ2v) is 7.47. The van der Waals surface area contributed by atoms with Gasteiger partial charge in [0, 0.05) is 38.1 Å². The van der Waals surface area contributed by atoms with Crippen LogP contribution in [0.5, 0.6) is 0 Å². The monoisotopic (exact) mass is 350 g/mol. The van der Waals surface area contributed by atoms with Gasteiger partial charge in [-0.05, 0) is 42.4 Å². The number of hydrogen-bond acceptors (Lipinski definition) is 3. The lowest BCUT2D eigenvalue weighted by atomic mass is 9.72. The van der Waals surface area contributed by atoms with Crippen molar-refractivity contribution >= 4 is 23.4 Å². The van der Waals surface area contributed by atoms with E-state index in [-0.39, 0.29) is 17.2 Å². The quantitative estimate of drug-likeness (QED) is 0.889. The van der Waals surface area contributed by atoms with E-state index < -0.39 is 6.10 Å². The first-order valence-electron chi connectivity index (χ1n) is 8.37. The molecule has 2 amide bonds. The normalized spacial score (nSPS) is 21.9. The summed E-state index contributed by atoms with van der Waals surface area (Å²) in [6, 6.07) is 6.78. The molecule has 0 saturated carbocycles. The van der Waals surface area contributed by atoms with Gasteiger partial charge in [-0.1, -0.05) is 23.7 Å². The first-order valence-corrected chi connectivity index (χ1v) is 8.74. The lowest BCUT2D eigenvalue weighted by Gasteiger charge is -2.46. The number of likely N-dealkylation sites (tertiary alicyclic amines) is 2. The minimum Gasteiger partial charge on any atom is -0.378 e. The maximum Gasteiger partial charge on any atom is 0.256 e. The van der Waals surface area contributed by atoms with E-state index in [0.29, 0.717) is 30.1 Å². The van der Waals surface area contributed by atoms with Gasteiger partial charge in [0.05, 0.1) is 0 Å².